The predicted octanol–water partition coefficient (Wildman–Crippen LogP) is 4.81. The van der Waals surface area contributed by atoms with Gasteiger partial charge in [-0.1, -0.05) is 17.7 Å². The van der Waals surface area contributed by atoms with Crippen molar-refractivity contribution in [2.24, 2.45) is 0 Å². The SMILES string of the molecule is Cc1ccc(NC(=O)C(C)n2c(C)nc3sc4c(c3c2=O)CCCC4)cc1Cl. The van der Waals surface area contributed by atoms with Crippen LogP contribution >= 0.6 is 22.9 Å². The van der Waals surface area contributed by atoms with Crippen molar-refractivity contribution in [1.82, 2.24) is 9.55 Å². The molecule has 1 amide bonds. The standard InChI is InChI=1S/C21H22ClN3O2S/c1-11-8-9-14(10-16(11)22)24-19(26)12(2)25-13(3)23-20-18(21(25)27)15-6-4-5-7-17(15)28-20/h8-10,12H,4-7H2,1-3H3,(H,24,26). The quantitative estimate of drug-likeness (QED) is 0.667. The van der Waals surface area contributed by atoms with Gasteiger partial charge in [0.15, 0.2) is 0 Å². The first kappa shape index (κ1) is 19.2. The highest BCUT2D eigenvalue weighted by molar-refractivity contribution is 7.18. The van der Waals surface area contributed by atoms with Crippen LogP contribution in [-0.2, 0) is 17.6 Å². The molecule has 0 aliphatic heterocycles. The van der Waals surface area contributed by atoms with Crippen molar-refractivity contribution in [2.75, 3.05) is 5.32 Å². The Hall–Kier alpha value is -2.18. The number of nitrogens with one attached hydrogen (secondary N) is 1. The number of anilines is 1. The van der Waals surface area contributed by atoms with E-state index in [4.69, 9.17) is 11.6 Å². The third kappa shape index (κ3) is 3.25. The van der Waals surface area contributed by atoms with Gasteiger partial charge in [0, 0.05) is 15.6 Å². The van der Waals surface area contributed by atoms with Crippen LogP contribution in [0.3, 0.4) is 0 Å². The Labute approximate surface area is 172 Å². The van der Waals surface area contributed by atoms with E-state index < -0.39 is 6.04 Å². The molecule has 2 aromatic heterocycles. The van der Waals surface area contributed by atoms with E-state index in [1.807, 2.05) is 13.0 Å². The molecule has 4 rings (SSSR count). The molecule has 7 heteroatoms. The van der Waals surface area contributed by atoms with Crippen LogP contribution in [0.4, 0.5) is 5.69 Å². The van der Waals surface area contributed by atoms with Crippen LogP contribution in [0.2, 0.25) is 5.02 Å². The monoisotopic (exact) mass is 415 g/mol. The number of nitrogens with zero attached hydrogens (tertiary/aromatic N) is 2. The summed E-state index contributed by atoms with van der Waals surface area (Å²) in [6.07, 6.45) is 4.18. The molecule has 0 radical (unpaired) electrons. The summed E-state index contributed by atoms with van der Waals surface area (Å²) < 4.78 is 1.51. The van der Waals surface area contributed by atoms with Crippen molar-refractivity contribution in [3.05, 3.63) is 55.4 Å². The average molecular weight is 416 g/mol. The second-order valence-electron chi connectivity index (χ2n) is 7.35. The fourth-order valence-electron chi connectivity index (χ4n) is 3.81. The van der Waals surface area contributed by atoms with E-state index >= 15 is 0 Å². The minimum absolute atomic E-state index is 0.119. The Bertz CT molecular complexity index is 1150. The molecule has 2 heterocycles. The zero-order valence-electron chi connectivity index (χ0n) is 16.1. The molecule has 1 aliphatic rings. The van der Waals surface area contributed by atoms with Gasteiger partial charge in [-0.15, -0.1) is 11.3 Å². The fraction of sp³-hybridized carbons (Fsp3) is 0.381. The van der Waals surface area contributed by atoms with Gasteiger partial charge in [0.05, 0.1) is 5.39 Å². The number of carbonyl (C=O) groups is 1. The first-order chi connectivity index (χ1) is 13.4. The highest BCUT2D eigenvalue weighted by Crippen LogP contribution is 2.34. The molecule has 1 unspecified atom stereocenters. The Kier molecular flexibility index (Phi) is 5.02. The summed E-state index contributed by atoms with van der Waals surface area (Å²) >= 11 is 7.77. The van der Waals surface area contributed by atoms with Crippen LogP contribution in [0, 0.1) is 13.8 Å². The average Bonchev–Trinajstić information content (AvgIpc) is 3.02. The number of halogens is 1. The molecular weight excluding hydrogens is 394 g/mol. The molecule has 5 nitrogen and oxygen atoms in total. The zero-order valence-corrected chi connectivity index (χ0v) is 17.7. The third-order valence-corrected chi connectivity index (χ3v) is 7.00. The van der Waals surface area contributed by atoms with Crippen molar-refractivity contribution in [2.45, 2.75) is 52.5 Å². The van der Waals surface area contributed by atoms with Crippen molar-refractivity contribution in [1.29, 1.82) is 0 Å². The molecule has 146 valence electrons. The molecule has 1 aliphatic carbocycles. The number of fused-ring (bicyclic) bond motifs is 3. The minimum Gasteiger partial charge on any atom is -0.324 e. The number of aryl methyl sites for hydroxylation is 4. The summed E-state index contributed by atoms with van der Waals surface area (Å²) in [5.74, 6) is 0.288. The first-order valence-corrected chi connectivity index (χ1v) is 10.7. The number of aromatic nitrogens is 2. The lowest BCUT2D eigenvalue weighted by Gasteiger charge is -2.18. The summed E-state index contributed by atoms with van der Waals surface area (Å²) in [5, 5.41) is 4.15. The molecule has 1 N–H and O–H groups in total. The molecule has 1 atom stereocenters. The maximum Gasteiger partial charge on any atom is 0.263 e. The minimum atomic E-state index is -0.677. The van der Waals surface area contributed by atoms with E-state index in [1.165, 1.54) is 9.44 Å². The topological polar surface area (TPSA) is 64.0 Å². The maximum atomic E-state index is 13.3. The summed E-state index contributed by atoms with van der Waals surface area (Å²) in [7, 11) is 0. The van der Waals surface area contributed by atoms with Gasteiger partial charge in [0.2, 0.25) is 5.91 Å². The lowest BCUT2D eigenvalue weighted by Crippen LogP contribution is -2.34. The normalized spacial score (nSPS) is 14.7. The molecule has 0 bridgehead atoms. The number of benzene rings is 1. The Morgan fingerprint density at radius 3 is 2.79 bits per heavy atom. The van der Waals surface area contributed by atoms with Crippen molar-refractivity contribution < 1.29 is 4.79 Å². The van der Waals surface area contributed by atoms with Gasteiger partial charge in [0.25, 0.3) is 5.56 Å². The van der Waals surface area contributed by atoms with E-state index in [0.717, 1.165) is 41.6 Å². The predicted molar refractivity (Wildman–Crippen MR) is 115 cm³/mol. The summed E-state index contributed by atoms with van der Waals surface area (Å²) in [4.78, 5) is 32.9. The lowest BCUT2D eigenvalue weighted by molar-refractivity contribution is -0.118. The number of rotatable bonds is 3. The largest absolute Gasteiger partial charge is 0.324 e. The van der Waals surface area contributed by atoms with Crippen LogP contribution in [0.1, 0.15) is 47.6 Å². The molecule has 3 aromatic rings. The van der Waals surface area contributed by atoms with Crippen molar-refractivity contribution >= 4 is 44.7 Å². The molecular formula is C21H22ClN3O2S. The Morgan fingerprint density at radius 2 is 2.04 bits per heavy atom. The van der Waals surface area contributed by atoms with Gasteiger partial charge in [-0.25, -0.2) is 4.98 Å². The van der Waals surface area contributed by atoms with E-state index in [1.54, 1.807) is 37.3 Å². The van der Waals surface area contributed by atoms with Crippen molar-refractivity contribution in [3.63, 3.8) is 0 Å². The second kappa shape index (κ2) is 7.33. The highest BCUT2D eigenvalue weighted by atomic mass is 35.5. The van der Waals surface area contributed by atoms with Crippen LogP contribution in [0.5, 0.6) is 0 Å². The van der Waals surface area contributed by atoms with E-state index in [9.17, 15) is 9.59 Å². The van der Waals surface area contributed by atoms with Crippen LogP contribution < -0.4 is 10.9 Å². The maximum absolute atomic E-state index is 13.3. The van der Waals surface area contributed by atoms with Crippen LogP contribution in [-0.4, -0.2) is 15.5 Å². The van der Waals surface area contributed by atoms with E-state index in [-0.39, 0.29) is 11.5 Å². The first-order valence-electron chi connectivity index (χ1n) is 9.47. The van der Waals surface area contributed by atoms with Gasteiger partial charge in [-0.05, 0) is 69.7 Å². The Balaban J connectivity index is 1.72. The molecule has 28 heavy (non-hydrogen) atoms. The zero-order chi connectivity index (χ0) is 20.0. The lowest BCUT2D eigenvalue weighted by atomic mass is 9.97. The molecule has 1 aromatic carbocycles. The van der Waals surface area contributed by atoms with E-state index in [2.05, 4.69) is 10.3 Å². The van der Waals surface area contributed by atoms with Crippen LogP contribution in [0.25, 0.3) is 10.2 Å². The fourth-order valence-corrected chi connectivity index (χ4v) is 5.29. The number of amides is 1. The van der Waals surface area contributed by atoms with Crippen LogP contribution in [0.15, 0.2) is 23.0 Å². The summed E-state index contributed by atoms with van der Waals surface area (Å²) in [5.41, 5.74) is 2.57. The van der Waals surface area contributed by atoms with E-state index in [0.29, 0.717) is 21.9 Å². The number of hydrogen-bond acceptors (Lipinski definition) is 4. The van der Waals surface area contributed by atoms with Gasteiger partial charge >= 0.3 is 0 Å². The number of thiophene rings is 1. The van der Waals surface area contributed by atoms with Gasteiger partial charge in [-0.3, -0.25) is 14.2 Å². The summed E-state index contributed by atoms with van der Waals surface area (Å²) in [6, 6.07) is 4.70. The number of hydrogen-bond donors (Lipinski definition) is 1. The van der Waals surface area contributed by atoms with Gasteiger partial charge in [0.1, 0.15) is 16.7 Å². The van der Waals surface area contributed by atoms with Crippen molar-refractivity contribution in [3.8, 4) is 0 Å². The van der Waals surface area contributed by atoms with Gasteiger partial charge < -0.3 is 5.32 Å². The number of carbonyl (C=O) groups excluding carboxylic acids is 1. The van der Waals surface area contributed by atoms with Gasteiger partial charge in [-0.2, -0.15) is 0 Å². The second-order valence-corrected chi connectivity index (χ2v) is 8.85. The Morgan fingerprint density at radius 1 is 1.29 bits per heavy atom. The summed E-state index contributed by atoms with van der Waals surface area (Å²) in [6.45, 7) is 5.42. The molecule has 0 spiro atoms. The molecule has 0 saturated carbocycles. The third-order valence-electron chi connectivity index (χ3n) is 5.40. The smallest absolute Gasteiger partial charge is 0.263 e. The molecule has 0 fully saturated rings. The highest BCUT2D eigenvalue weighted by Gasteiger charge is 2.25. The molecule has 0 saturated heterocycles.